The second-order valence-electron chi connectivity index (χ2n) is 4.67. The van der Waals surface area contributed by atoms with Gasteiger partial charge in [0.05, 0.1) is 18.3 Å². The van der Waals surface area contributed by atoms with Gasteiger partial charge in [-0.05, 0) is 45.0 Å². The lowest BCUT2D eigenvalue weighted by atomic mass is 10.1. The molecule has 0 aliphatic carbocycles. The monoisotopic (exact) mass is 259 g/mol. The Balaban J connectivity index is 2.06. The van der Waals surface area contributed by atoms with Gasteiger partial charge in [0.1, 0.15) is 5.75 Å². The van der Waals surface area contributed by atoms with Gasteiger partial charge in [-0.25, -0.2) is 0 Å². The summed E-state index contributed by atoms with van der Waals surface area (Å²) < 4.78 is 7.28. The van der Waals surface area contributed by atoms with Gasteiger partial charge in [-0.2, -0.15) is 5.10 Å². The van der Waals surface area contributed by atoms with E-state index in [0.717, 1.165) is 17.1 Å². The molecule has 0 saturated heterocycles. The number of nitrogens with zero attached hydrogens (tertiary/aromatic N) is 2. The summed E-state index contributed by atoms with van der Waals surface area (Å²) in [5, 5.41) is 7.84. The van der Waals surface area contributed by atoms with Crippen LogP contribution in [0.15, 0.2) is 30.5 Å². The molecule has 0 radical (unpaired) electrons. The number of anilines is 1. The molecule has 2 aromatic rings. The van der Waals surface area contributed by atoms with Crippen molar-refractivity contribution in [3.63, 3.8) is 0 Å². The maximum Gasteiger partial charge on any atom is 0.119 e. The first kappa shape index (κ1) is 13.5. The highest BCUT2D eigenvalue weighted by Gasteiger charge is 2.11. The topological polar surface area (TPSA) is 39.1 Å². The van der Waals surface area contributed by atoms with Crippen molar-refractivity contribution in [1.29, 1.82) is 0 Å². The largest absolute Gasteiger partial charge is 0.494 e. The van der Waals surface area contributed by atoms with Gasteiger partial charge in [0.15, 0.2) is 0 Å². The van der Waals surface area contributed by atoms with E-state index in [1.54, 1.807) is 0 Å². The zero-order chi connectivity index (χ0) is 13.8. The van der Waals surface area contributed by atoms with E-state index in [-0.39, 0.29) is 6.04 Å². The molecule has 0 fully saturated rings. The number of hydrogen-bond donors (Lipinski definition) is 1. The molecule has 1 aromatic carbocycles. The first-order valence-electron chi connectivity index (χ1n) is 6.59. The van der Waals surface area contributed by atoms with E-state index in [0.29, 0.717) is 6.61 Å². The maximum atomic E-state index is 5.43. The molecule has 1 unspecified atom stereocenters. The van der Waals surface area contributed by atoms with Crippen LogP contribution in [0.1, 0.15) is 31.1 Å². The normalized spacial score (nSPS) is 12.2. The summed E-state index contributed by atoms with van der Waals surface area (Å²) in [5.41, 5.74) is 3.36. The van der Waals surface area contributed by atoms with Gasteiger partial charge in [-0.15, -0.1) is 0 Å². The predicted octanol–water partition coefficient (Wildman–Crippen LogP) is 3.30. The molecule has 0 aliphatic heterocycles. The number of ether oxygens (including phenoxy) is 1. The second-order valence-corrected chi connectivity index (χ2v) is 4.67. The van der Waals surface area contributed by atoms with Gasteiger partial charge in [0.25, 0.3) is 0 Å². The molecule has 1 atom stereocenters. The number of aryl methyl sites for hydroxylation is 2. The Hall–Kier alpha value is -1.97. The molecule has 0 spiro atoms. The summed E-state index contributed by atoms with van der Waals surface area (Å²) in [7, 11) is 1.94. The quantitative estimate of drug-likeness (QED) is 0.895. The fraction of sp³-hybridized carbons (Fsp3) is 0.400. The van der Waals surface area contributed by atoms with Crippen LogP contribution in [0, 0.1) is 6.92 Å². The summed E-state index contributed by atoms with van der Waals surface area (Å²) in [5.74, 6) is 0.901. The number of benzene rings is 1. The van der Waals surface area contributed by atoms with Gasteiger partial charge in [-0.1, -0.05) is 0 Å². The Morgan fingerprint density at radius 1 is 1.32 bits per heavy atom. The number of aromatic nitrogens is 2. The lowest BCUT2D eigenvalue weighted by Crippen LogP contribution is -2.07. The van der Waals surface area contributed by atoms with Crippen molar-refractivity contribution in [2.45, 2.75) is 26.8 Å². The molecule has 0 bridgehead atoms. The molecule has 2 rings (SSSR count). The number of nitrogens with one attached hydrogen (secondary N) is 1. The van der Waals surface area contributed by atoms with E-state index >= 15 is 0 Å². The summed E-state index contributed by atoms with van der Waals surface area (Å²) in [4.78, 5) is 0. The average molecular weight is 259 g/mol. The fourth-order valence-electron chi connectivity index (χ4n) is 2.18. The SMILES string of the molecule is CCOc1ccc(NC(C)c2cn(C)nc2C)cc1. The molecule has 102 valence electrons. The van der Waals surface area contributed by atoms with Crippen molar-refractivity contribution >= 4 is 5.69 Å². The predicted molar refractivity (Wildman–Crippen MR) is 77.6 cm³/mol. The van der Waals surface area contributed by atoms with E-state index in [4.69, 9.17) is 4.74 Å². The lowest BCUT2D eigenvalue weighted by Gasteiger charge is -2.15. The summed E-state index contributed by atoms with van der Waals surface area (Å²) in [6, 6.07) is 8.26. The van der Waals surface area contributed by atoms with Crippen LogP contribution >= 0.6 is 0 Å². The van der Waals surface area contributed by atoms with Crippen molar-refractivity contribution in [1.82, 2.24) is 9.78 Å². The molecule has 1 heterocycles. The van der Waals surface area contributed by atoms with E-state index in [1.807, 2.05) is 49.8 Å². The van der Waals surface area contributed by atoms with Crippen LogP contribution in [0.25, 0.3) is 0 Å². The van der Waals surface area contributed by atoms with Crippen molar-refractivity contribution in [2.75, 3.05) is 11.9 Å². The van der Waals surface area contributed by atoms with Crippen LogP contribution in [0.3, 0.4) is 0 Å². The zero-order valence-electron chi connectivity index (χ0n) is 12.0. The smallest absolute Gasteiger partial charge is 0.119 e. The highest BCUT2D eigenvalue weighted by Crippen LogP contribution is 2.23. The van der Waals surface area contributed by atoms with E-state index in [2.05, 4.69) is 23.5 Å². The first-order chi connectivity index (χ1) is 9.10. The van der Waals surface area contributed by atoms with Crippen LogP contribution in [0.5, 0.6) is 5.75 Å². The minimum Gasteiger partial charge on any atom is -0.494 e. The molecular weight excluding hydrogens is 238 g/mol. The Morgan fingerprint density at radius 3 is 2.53 bits per heavy atom. The molecule has 19 heavy (non-hydrogen) atoms. The van der Waals surface area contributed by atoms with Crippen molar-refractivity contribution in [3.8, 4) is 5.75 Å². The van der Waals surface area contributed by atoms with Gasteiger partial charge < -0.3 is 10.1 Å². The molecule has 0 saturated carbocycles. The van der Waals surface area contributed by atoms with Gasteiger partial charge in [-0.3, -0.25) is 4.68 Å². The van der Waals surface area contributed by atoms with Crippen molar-refractivity contribution in [2.24, 2.45) is 7.05 Å². The van der Waals surface area contributed by atoms with Gasteiger partial charge >= 0.3 is 0 Å². The number of hydrogen-bond acceptors (Lipinski definition) is 3. The van der Waals surface area contributed by atoms with Crippen LogP contribution in [0.2, 0.25) is 0 Å². The molecule has 1 aromatic heterocycles. The van der Waals surface area contributed by atoms with Crippen molar-refractivity contribution in [3.05, 3.63) is 41.7 Å². The van der Waals surface area contributed by atoms with Crippen LogP contribution in [0.4, 0.5) is 5.69 Å². The Morgan fingerprint density at radius 2 is 2.00 bits per heavy atom. The third kappa shape index (κ3) is 3.28. The highest BCUT2D eigenvalue weighted by molar-refractivity contribution is 5.48. The molecule has 4 nitrogen and oxygen atoms in total. The first-order valence-corrected chi connectivity index (χ1v) is 6.59. The highest BCUT2D eigenvalue weighted by atomic mass is 16.5. The Bertz CT molecular complexity index is 531. The molecular formula is C15H21N3O. The second kappa shape index (κ2) is 5.78. The van der Waals surface area contributed by atoms with Crippen LogP contribution in [-0.4, -0.2) is 16.4 Å². The molecule has 0 aliphatic rings. The van der Waals surface area contributed by atoms with Crippen molar-refractivity contribution < 1.29 is 4.74 Å². The average Bonchev–Trinajstić information content (AvgIpc) is 2.71. The summed E-state index contributed by atoms with van der Waals surface area (Å²) in [6.45, 7) is 6.85. The zero-order valence-corrected chi connectivity index (χ0v) is 12.0. The van der Waals surface area contributed by atoms with Gasteiger partial charge in [0.2, 0.25) is 0 Å². The van der Waals surface area contributed by atoms with E-state index in [9.17, 15) is 0 Å². The summed E-state index contributed by atoms with van der Waals surface area (Å²) >= 11 is 0. The third-order valence-corrected chi connectivity index (χ3v) is 3.07. The van der Waals surface area contributed by atoms with Gasteiger partial charge in [0, 0.05) is 24.5 Å². The molecule has 1 N–H and O–H groups in total. The van der Waals surface area contributed by atoms with E-state index < -0.39 is 0 Å². The Kier molecular flexibility index (Phi) is 4.10. The third-order valence-electron chi connectivity index (χ3n) is 3.07. The standard InChI is InChI=1S/C15H21N3O/c1-5-19-14-8-6-13(7-9-14)16-11(2)15-10-18(4)17-12(15)3/h6-11,16H,5H2,1-4H3. The lowest BCUT2D eigenvalue weighted by molar-refractivity contribution is 0.340. The minimum atomic E-state index is 0.228. The van der Waals surface area contributed by atoms with Crippen LogP contribution in [-0.2, 0) is 7.05 Å². The Labute approximate surface area is 114 Å². The van der Waals surface area contributed by atoms with Crippen LogP contribution < -0.4 is 10.1 Å². The minimum absolute atomic E-state index is 0.228. The van der Waals surface area contributed by atoms with E-state index in [1.165, 1.54) is 5.56 Å². The molecule has 0 amide bonds. The summed E-state index contributed by atoms with van der Waals surface area (Å²) in [6.07, 6.45) is 2.06. The maximum absolute atomic E-state index is 5.43. The fourth-order valence-corrected chi connectivity index (χ4v) is 2.18. The molecule has 4 heteroatoms. The number of rotatable bonds is 5.